The van der Waals surface area contributed by atoms with Crippen molar-refractivity contribution in [3.8, 4) is 0 Å². The second kappa shape index (κ2) is 6.22. The molecular formula is C15H24N2O3. The number of likely N-dealkylation sites (tertiary alicyclic amines) is 1. The molecule has 2 amide bonds. The highest BCUT2D eigenvalue weighted by Gasteiger charge is 2.43. The summed E-state index contributed by atoms with van der Waals surface area (Å²) in [5, 5.41) is 3.31. The van der Waals surface area contributed by atoms with E-state index in [4.69, 9.17) is 4.74 Å². The molecule has 112 valence electrons. The van der Waals surface area contributed by atoms with E-state index in [0.29, 0.717) is 13.0 Å². The Kier molecular flexibility index (Phi) is 4.36. The Morgan fingerprint density at radius 3 is 2.45 bits per heavy atom. The molecule has 0 aromatic heterocycles. The van der Waals surface area contributed by atoms with E-state index in [1.54, 1.807) is 4.90 Å². The lowest BCUT2D eigenvalue weighted by atomic mass is 10.1. The minimum absolute atomic E-state index is 0.00574. The van der Waals surface area contributed by atoms with Crippen LogP contribution in [0.15, 0.2) is 0 Å². The third-order valence-electron chi connectivity index (χ3n) is 4.74. The predicted molar refractivity (Wildman–Crippen MR) is 74.1 cm³/mol. The van der Waals surface area contributed by atoms with Gasteiger partial charge < -0.3 is 10.1 Å². The number of hydrogen-bond donors (Lipinski definition) is 1. The molecule has 2 atom stereocenters. The summed E-state index contributed by atoms with van der Waals surface area (Å²) in [6, 6.07) is 0.0485. The molecule has 2 unspecified atom stereocenters. The van der Waals surface area contributed by atoms with E-state index in [1.165, 1.54) is 12.8 Å². The fourth-order valence-electron chi connectivity index (χ4n) is 3.63. The minimum Gasteiger partial charge on any atom is -0.380 e. The predicted octanol–water partition coefficient (Wildman–Crippen LogP) is 1.22. The molecule has 1 N–H and O–H groups in total. The molecule has 1 saturated carbocycles. The first-order valence-electron chi connectivity index (χ1n) is 7.95. The van der Waals surface area contributed by atoms with Crippen molar-refractivity contribution >= 4 is 11.8 Å². The molecule has 3 fully saturated rings. The van der Waals surface area contributed by atoms with Crippen LogP contribution < -0.4 is 5.32 Å². The van der Waals surface area contributed by atoms with Crippen LogP contribution in [0.1, 0.15) is 51.4 Å². The van der Waals surface area contributed by atoms with Gasteiger partial charge in [-0.1, -0.05) is 25.7 Å². The number of amides is 2. The maximum Gasteiger partial charge on any atom is 0.247 e. The number of nitrogens with one attached hydrogen (secondary N) is 1. The van der Waals surface area contributed by atoms with Gasteiger partial charge in [0, 0.05) is 18.7 Å². The van der Waals surface area contributed by atoms with Gasteiger partial charge in [0.1, 0.15) is 0 Å². The highest BCUT2D eigenvalue weighted by atomic mass is 16.5. The fourth-order valence-corrected chi connectivity index (χ4v) is 3.63. The van der Waals surface area contributed by atoms with Gasteiger partial charge in [-0.05, 0) is 19.3 Å². The Morgan fingerprint density at radius 1 is 1.05 bits per heavy atom. The molecule has 20 heavy (non-hydrogen) atoms. The van der Waals surface area contributed by atoms with Gasteiger partial charge in [-0.3, -0.25) is 14.5 Å². The van der Waals surface area contributed by atoms with Crippen LogP contribution in [-0.2, 0) is 14.3 Å². The molecule has 2 heterocycles. The van der Waals surface area contributed by atoms with Crippen molar-refractivity contribution in [3.63, 3.8) is 0 Å². The molecule has 1 aliphatic carbocycles. The first-order chi connectivity index (χ1) is 9.75. The van der Waals surface area contributed by atoms with Gasteiger partial charge >= 0.3 is 0 Å². The van der Waals surface area contributed by atoms with Gasteiger partial charge in [-0.2, -0.15) is 0 Å². The maximum atomic E-state index is 12.5. The SMILES string of the molecule is O=C1CC(NC2CCOC2)C(=O)N1C1CCCCCC1. The average Bonchev–Trinajstić information content (AvgIpc) is 2.92. The summed E-state index contributed by atoms with van der Waals surface area (Å²) in [5.74, 6) is 0.00659. The Bertz CT molecular complexity index is 371. The summed E-state index contributed by atoms with van der Waals surface area (Å²) >= 11 is 0. The van der Waals surface area contributed by atoms with E-state index in [0.717, 1.165) is 38.7 Å². The molecule has 5 heteroatoms. The zero-order valence-electron chi connectivity index (χ0n) is 12.0. The van der Waals surface area contributed by atoms with E-state index in [-0.39, 0.29) is 29.9 Å². The lowest BCUT2D eigenvalue weighted by molar-refractivity contribution is -0.141. The van der Waals surface area contributed by atoms with Crippen LogP contribution in [-0.4, -0.2) is 48.1 Å². The smallest absolute Gasteiger partial charge is 0.247 e. The summed E-state index contributed by atoms with van der Waals surface area (Å²) in [6.45, 7) is 1.40. The average molecular weight is 280 g/mol. The molecular weight excluding hydrogens is 256 g/mol. The van der Waals surface area contributed by atoms with Crippen molar-refractivity contribution in [1.82, 2.24) is 10.2 Å². The van der Waals surface area contributed by atoms with Gasteiger partial charge in [0.15, 0.2) is 0 Å². The topological polar surface area (TPSA) is 58.6 Å². The molecule has 0 aromatic carbocycles. The van der Waals surface area contributed by atoms with E-state index in [1.807, 2.05) is 0 Å². The second-order valence-electron chi connectivity index (χ2n) is 6.23. The number of rotatable bonds is 3. The molecule has 0 spiro atoms. The number of ether oxygens (including phenoxy) is 1. The normalized spacial score (nSPS) is 32.9. The van der Waals surface area contributed by atoms with Crippen molar-refractivity contribution in [1.29, 1.82) is 0 Å². The van der Waals surface area contributed by atoms with E-state index in [2.05, 4.69) is 5.32 Å². The molecule has 0 bridgehead atoms. The quantitative estimate of drug-likeness (QED) is 0.624. The van der Waals surface area contributed by atoms with Crippen LogP contribution in [0.3, 0.4) is 0 Å². The van der Waals surface area contributed by atoms with Crippen LogP contribution >= 0.6 is 0 Å². The Morgan fingerprint density at radius 2 is 1.80 bits per heavy atom. The molecule has 0 radical (unpaired) electrons. The summed E-state index contributed by atoms with van der Waals surface area (Å²) in [5.41, 5.74) is 0. The number of nitrogens with zero attached hydrogens (tertiary/aromatic N) is 1. The zero-order valence-corrected chi connectivity index (χ0v) is 12.0. The number of carbonyl (C=O) groups is 2. The zero-order chi connectivity index (χ0) is 13.9. The van der Waals surface area contributed by atoms with Gasteiger partial charge in [0.2, 0.25) is 11.8 Å². The van der Waals surface area contributed by atoms with Gasteiger partial charge in [-0.15, -0.1) is 0 Å². The van der Waals surface area contributed by atoms with E-state index >= 15 is 0 Å². The molecule has 2 aliphatic heterocycles. The highest BCUT2D eigenvalue weighted by molar-refractivity contribution is 6.05. The molecule has 2 saturated heterocycles. The number of imide groups is 1. The Balaban J connectivity index is 1.63. The summed E-state index contributed by atoms with van der Waals surface area (Å²) in [4.78, 5) is 26.3. The van der Waals surface area contributed by atoms with Crippen LogP contribution in [0.4, 0.5) is 0 Å². The van der Waals surface area contributed by atoms with Gasteiger partial charge in [0.05, 0.1) is 19.1 Å². The van der Waals surface area contributed by atoms with Crippen molar-refractivity contribution in [2.24, 2.45) is 0 Å². The first-order valence-corrected chi connectivity index (χ1v) is 7.95. The largest absolute Gasteiger partial charge is 0.380 e. The molecule has 5 nitrogen and oxygen atoms in total. The molecule has 3 rings (SSSR count). The lowest BCUT2D eigenvalue weighted by Gasteiger charge is -2.25. The van der Waals surface area contributed by atoms with Gasteiger partial charge in [0.25, 0.3) is 0 Å². The van der Waals surface area contributed by atoms with Crippen LogP contribution in [0.2, 0.25) is 0 Å². The fraction of sp³-hybridized carbons (Fsp3) is 0.867. The first kappa shape index (κ1) is 14.0. The van der Waals surface area contributed by atoms with Crippen LogP contribution in [0.25, 0.3) is 0 Å². The van der Waals surface area contributed by atoms with Crippen molar-refractivity contribution in [2.75, 3.05) is 13.2 Å². The number of carbonyl (C=O) groups excluding carboxylic acids is 2. The summed E-state index contributed by atoms with van der Waals surface area (Å²) < 4.78 is 5.32. The maximum absolute atomic E-state index is 12.5. The Labute approximate surface area is 120 Å². The Hall–Kier alpha value is -0.940. The van der Waals surface area contributed by atoms with Gasteiger partial charge in [-0.25, -0.2) is 0 Å². The summed E-state index contributed by atoms with van der Waals surface area (Å²) in [6.07, 6.45) is 7.95. The third kappa shape index (κ3) is 2.88. The van der Waals surface area contributed by atoms with Crippen molar-refractivity contribution in [3.05, 3.63) is 0 Å². The lowest BCUT2D eigenvalue weighted by Crippen LogP contribution is -2.46. The minimum atomic E-state index is -0.322. The molecule has 3 aliphatic rings. The second-order valence-corrected chi connectivity index (χ2v) is 6.23. The molecule has 0 aromatic rings. The summed E-state index contributed by atoms with van der Waals surface area (Å²) in [7, 11) is 0. The van der Waals surface area contributed by atoms with Crippen molar-refractivity contribution < 1.29 is 14.3 Å². The van der Waals surface area contributed by atoms with Crippen LogP contribution in [0.5, 0.6) is 0 Å². The number of hydrogen-bond acceptors (Lipinski definition) is 4. The monoisotopic (exact) mass is 280 g/mol. The third-order valence-corrected chi connectivity index (χ3v) is 4.74. The van der Waals surface area contributed by atoms with Crippen LogP contribution in [0, 0.1) is 0 Å². The standard InChI is InChI=1S/C15H24N2O3/c18-14-9-13(16-11-7-8-20-10-11)15(19)17(14)12-5-3-1-2-4-6-12/h11-13,16H,1-10H2. The highest BCUT2D eigenvalue weighted by Crippen LogP contribution is 2.27. The van der Waals surface area contributed by atoms with E-state index < -0.39 is 0 Å². The van der Waals surface area contributed by atoms with Crippen molar-refractivity contribution in [2.45, 2.75) is 69.5 Å². The van der Waals surface area contributed by atoms with E-state index in [9.17, 15) is 9.59 Å².